The third-order valence-electron chi connectivity index (χ3n) is 3.76. The molecule has 0 saturated heterocycles. The number of nitrogens with one attached hydrogen (secondary N) is 1. The Balaban J connectivity index is 1.46. The number of nitrogens with zero attached hydrogens (tertiary/aromatic N) is 1. The van der Waals surface area contributed by atoms with Gasteiger partial charge in [-0.25, -0.2) is 4.39 Å². The van der Waals surface area contributed by atoms with Crippen molar-refractivity contribution in [2.24, 2.45) is 0 Å². The first-order valence-electron chi connectivity index (χ1n) is 7.67. The lowest BCUT2D eigenvalue weighted by atomic mass is 10.2. The molecule has 0 atom stereocenters. The lowest BCUT2D eigenvalue weighted by Crippen LogP contribution is -2.22. The van der Waals surface area contributed by atoms with Crippen LogP contribution < -0.4 is 5.32 Å². The summed E-state index contributed by atoms with van der Waals surface area (Å²) in [6.45, 7) is 0.194. The van der Waals surface area contributed by atoms with Crippen molar-refractivity contribution >= 4 is 16.9 Å². The molecule has 2 aromatic heterocycles. The molecule has 0 aliphatic heterocycles. The largest absolute Gasteiger partial charge is 0.453 e. The van der Waals surface area contributed by atoms with Crippen LogP contribution in [-0.4, -0.2) is 11.1 Å². The molecule has 0 saturated carbocycles. The SMILES string of the molecule is O=C(NCc1cc(-c2cc3ccccc3o2)on1)c1ccc(F)cc1. The minimum Gasteiger partial charge on any atom is -0.453 e. The van der Waals surface area contributed by atoms with Crippen LogP contribution in [0.5, 0.6) is 0 Å². The van der Waals surface area contributed by atoms with E-state index in [1.54, 1.807) is 6.07 Å². The standard InChI is InChI=1S/C19H13FN2O3/c20-14-7-5-12(6-8-14)19(23)21-11-15-10-18(25-22-15)17-9-13-3-1-2-4-16(13)24-17/h1-10H,11H2,(H,21,23). The fourth-order valence-electron chi connectivity index (χ4n) is 2.49. The molecule has 2 aromatic carbocycles. The highest BCUT2D eigenvalue weighted by atomic mass is 19.1. The van der Waals surface area contributed by atoms with Gasteiger partial charge in [0.05, 0.1) is 6.54 Å². The Labute approximate surface area is 142 Å². The predicted molar refractivity (Wildman–Crippen MR) is 89.3 cm³/mol. The molecule has 6 heteroatoms. The summed E-state index contributed by atoms with van der Waals surface area (Å²) in [5.41, 5.74) is 1.70. The van der Waals surface area contributed by atoms with Crippen molar-refractivity contribution in [3.8, 4) is 11.5 Å². The van der Waals surface area contributed by atoms with Crippen LogP contribution >= 0.6 is 0 Å². The first-order valence-corrected chi connectivity index (χ1v) is 7.67. The highest BCUT2D eigenvalue weighted by Gasteiger charge is 2.13. The van der Waals surface area contributed by atoms with Gasteiger partial charge in [-0.2, -0.15) is 0 Å². The molecule has 25 heavy (non-hydrogen) atoms. The summed E-state index contributed by atoms with van der Waals surface area (Å²) in [7, 11) is 0. The lowest BCUT2D eigenvalue weighted by molar-refractivity contribution is 0.0950. The summed E-state index contributed by atoms with van der Waals surface area (Å²) < 4.78 is 23.9. The smallest absolute Gasteiger partial charge is 0.251 e. The highest BCUT2D eigenvalue weighted by Crippen LogP contribution is 2.28. The van der Waals surface area contributed by atoms with Gasteiger partial charge in [0.1, 0.15) is 17.1 Å². The number of halogens is 1. The molecular weight excluding hydrogens is 323 g/mol. The molecular formula is C19H13FN2O3. The van der Waals surface area contributed by atoms with Crippen LogP contribution in [0.25, 0.3) is 22.5 Å². The van der Waals surface area contributed by atoms with E-state index in [1.807, 2.05) is 30.3 Å². The Bertz CT molecular complexity index is 1000. The summed E-state index contributed by atoms with van der Waals surface area (Å²) in [6, 6.07) is 16.6. The Morgan fingerprint density at radius 2 is 1.84 bits per heavy atom. The zero-order valence-corrected chi connectivity index (χ0v) is 13.0. The van der Waals surface area contributed by atoms with Crippen molar-refractivity contribution < 1.29 is 18.1 Å². The van der Waals surface area contributed by atoms with Gasteiger partial charge in [0, 0.05) is 17.0 Å². The monoisotopic (exact) mass is 336 g/mol. The lowest BCUT2D eigenvalue weighted by Gasteiger charge is -2.02. The predicted octanol–water partition coefficient (Wildman–Crippen LogP) is 4.16. The third kappa shape index (κ3) is 3.14. The number of para-hydroxylation sites is 1. The minimum absolute atomic E-state index is 0.194. The first-order chi connectivity index (χ1) is 12.2. The molecule has 0 fully saturated rings. The van der Waals surface area contributed by atoms with Gasteiger partial charge < -0.3 is 14.3 Å². The van der Waals surface area contributed by atoms with Gasteiger partial charge in [-0.3, -0.25) is 4.79 Å². The number of carbonyl (C=O) groups is 1. The number of fused-ring (bicyclic) bond motifs is 1. The van der Waals surface area contributed by atoms with Crippen LogP contribution in [0.3, 0.4) is 0 Å². The van der Waals surface area contributed by atoms with Crippen molar-refractivity contribution in [2.45, 2.75) is 6.54 Å². The fourth-order valence-corrected chi connectivity index (χ4v) is 2.49. The molecule has 5 nitrogen and oxygen atoms in total. The molecule has 0 unspecified atom stereocenters. The zero-order chi connectivity index (χ0) is 17.2. The van der Waals surface area contributed by atoms with Crippen molar-refractivity contribution in [1.82, 2.24) is 10.5 Å². The minimum atomic E-state index is -0.386. The van der Waals surface area contributed by atoms with Gasteiger partial charge >= 0.3 is 0 Å². The highest BCUT2D eigenvalue weighted by molar-refractivity contribution is 5.94. The van der Waals surface area contributed by atoms with Crippen LogP contribution in [0.2, 0.25) is 0 Å². The third-order valence-corrected chi connectivity index (χ3v) is 3.76. The molecule has 124 valence electrons. The van der Waals surface area contributed by atoms with Crippen molar-refractivity contribution in [3.05, 3.63) is 77.7 Å². The zero-order valence-electron chi connectivity index (χ0n) is 13.0. The second-order valence-corrected chi connectivity index (χ2v) is 5.52. The fraction of sp³-hybridized carbons (Fsp3) is 0.0526. The number of amides is 1. The number of rotatable bonds is 4. The van der Waals surface area contributed by atoms with E-state index in [2.05, 4.69) is 10.5 Å². The molecule has 4 aromatic rings. The van der Waals surface area contributed by atoms with E-state index >= 15 is 0 Å². The van der Waals surface area contributed by atoms with Gasteiger partial charge in [-0.05, 0) is 36.4 Å². The number of hydrogen-bond donors (Lipinski definition) is 1. The van der Waals surface area contributed by atoms with Crippen LogP contribution in [0.15, 0.2) is 69.6 Å². The number of aromatic nitrogens is 1. The molecule has 0 bridgehead atoms. The summed E-state index contributed by atoms with van der Waals surface area (Å²) >= 11 is 0. The molecule has 1 amide bonds. The van der Waals surface area contributed by atoms with E-state index in [9.17, 15) is 9.18 Å². The quantitative estimate of drug-likeness (QED) is 0.608. The second-order valence-electron chi connectivity index (χ2n) is 5.52. The first kappa shape index (κ1) is 15.1. The van der Waals surface area contributed by atoms with Crippen molar-refractivity contribution in [1.29, 1.82) is 0 Å². The Kier molecular flexibility index (Phi) is 3.78. The van der Waals surface area contributed by atoms with Crippen LogP contribution in [-0.2, 0) is 6.54 Å². The van der Waals surface area contributed by atoms with Crippen LogP contribution in [0.1, 0.15) is 16.1 Å². The van der Waals surface area contributed by atoms with Crippen LogP contribution in [0, 0.1) is 5.82 Å². The van der Waals surface area contributed by atoms with Gasteiger partial charge in [-0.1, -0.05) is 23.4 Å². The summed E-state index contributed by atoms with van der Waals surface area (Å²) in [5, 5.41) is 7.62. The van der Waals surface area contributed by atoms with Gasteiger partial charge in [0.15, 0.2) is 5.76 Å². The summed E-state index contributed by atoms with van der Waals surface area (Å²) in [5.74, 6) is 0.365. The van der Waals surface area contributed by atoms with Gasteiger partial charge in [0.2, 0.25) is 5.76 Å². The van der Waals surface area contributed by atoms with E-state index in [0.29, 0.717) is 22.8 Å². The summed E-state index contributed by atoms with van der Waals surface area (Å²) in [4.78, 5) is 12.0. The molecule has 0 radical (unpaired) electrons. The Hall–Kier alpha value is -3.41. The maximum absolute atomic E-state index is 12.9. The van der Waals surface area contributed by atoms with E-state index < -0.39 is 0 Å². The van der Waals surface area contributed by atoms with E-state index in [0.717, 1.165) is 11.0 Å². The maximum Gasteiger partial charge on any atom is 0.251 e. The summed E-state index contributed by atoms with van der Waals surface area (Å²) in [6.07, 6.45) is 0. The molecule has 0 aliphatic rings. The van der Waals surface area contributed by atoms with E-state index in [1.165, 1.54) is 24.3 Å². The van der Waals surface area contributed by atoms with Crippen LogP contribution in [0.4, 0.5) is 4.39 Å². The van der Waals surface area contributed by atoms with E-state index in [-0.39, 0.29) is 18.3 Å². The normalized spacial score (nSPS) is 10.9. The van der Waals surface area contributed by atoms with Crippen molar-refractivity contribution in [3.63, 3.8) is 0 Å². The van der Waals surface area contributed by atoms with Gasteiger partial charge in [-0.15, -0.1) is 0 Å². The van der Waals surface area contributed by atoms with E-state index in [4.69, 9.17) is 8.94 Å². The maximum atomic E-state index is 12.9. The number of carbonyl (C=O) groups excluding carboxylic acids is 1. The van der Waals surface area contributed by atoms with Gasteiger partial charge in [0.25, 0.3) is 5.91 Å². The number of hydrogen-bond acceptors (Lipinski definition) is 4. The second kappa shape index (κ2) is 6.24. The molecule has 0 spiro atoms. The average molecular weight is 336 g/mol. The molecule has 4 rings (SSSR count). The Morgan fingerprint density at radius 1 is 1.04 bits per heavy atom. The Morgan fingerprint density at radius 3 is 2.64 bits per heavy atom. The topological polar surface area (TPSA) is 68.3 Å². The van der Waals surface area contributed by atoms with Crippen molar-refractivity contribution in [2.75, 3.05) is 0 Å². The molecule has 0 aliphatic carbocycles. The molecule has 2 heterocycles. The average Bonchev–Trinajstić information content (AvgIpc) is 3.26. The number of furan rings is 1. The number of benzene rings is 2. The molecule has 1 N–H and O–H groups in total.